The highest BCUT2D eigenvalue weighted by atomic mass is 16.5. The molecule has 6 heteroatoms. The van der Waals surface area contributed by atoms with Gasteiger partial charge in [-0.2, -0.15) is 0 Å². The van der Waals surface area contributed by atoms with Gasteiger partial charge in [-0.05, 0) is 61.3 Å². The van der Waals surface area contributed by atoms with E-state index in [-0.39, 0.29) is 11.9 Å². The topological polar surface area (TPSA) is 63.7 Å². The number of para-hydroxylation sites is 2. The fourth-order valence-electron chi connectivity index (χ4n) is 3.73. The number of likely N-dealkylation sites (tertiary alicyclic amines) is 1. The minimum atomic E-state index is -0.178. The molecule has 30 heavy (non-hydrogen) atoms. The average molecular weight is 403 g/mol. The third-order valence-electron chi connectivity index (χ3n) is 5.19. The number of rotatable bonds is 7. The van der Waals surface area contributed by atoms with Crippen molar-refractivity contribution in [2.75, 3.05) is 19.0 Å². The second-order valence-electron chi connectivity index (χ2n) is 7.26. The van der Waals surface area contributed by atoms with Crippen LogP contribution in [0.1, 0.15) is 18.4 Å². The van der Waals surface area contributed by atoms with Crippen LogP contribution < -0.4 is 14.8 Å². The fraction of sp³-hybridized carbons (Fsp3) is 0.250. The Labute approximate surface area is 176 Å². The van der Waals surface area contributed by atoms with Crippen molar-refractivity contribution in [1.82, 2.24) is 9.88 Å². The minimum absolute atomic E-state index is 0.0161. The zero-order valence-corrected chi connectivity index (χ0v) is 17.0. The number of hydrogen-bond donors (Lipinski definition) is 1. The number of aromatic nitrogens is 1. The molecule has 6 nitrogen and oxygen atoms in total. The van der Waals surface area contributed by atoms with Crippen LogP contribution in [-0.4, -0.2) is 35.5 Å². The normalized spacial score (nSPS) is 16.2. The van der Waals surface area contributed by atoms with Gasteiger partial charge in [-0.15, -0.1) is 0 Å². The standard InChI is InChI=1S/C24H25N3O3/c1-29-19-8-4-7-18(15-19)17-27-14-6-11-22(27)24(28)26-21-10-2-3-12-23(21)30-20-9-5-13-25-16-20/h2-5,7-10,12-13,15-16,22H,6,11,14,17H2,1H3,(H,26,28)/t22-/m1/s1. The lowest BCUT2D eigenvalue weighted by molar-refractivity contribution is -0.120. The Kier molecular flexibility index (Phi) is 6.25. The van der Waals surface area contributed by atoms with E-state index in [2.05, 4.69) is 21.3 Å². The van der Waals surface area contributed by atoms with E-state index in [0.717, 1.165) is 30.7 Å². The summed E-state index contributed by atoms with van der Waals surface area (Å²) in [7, 11) is 1.66. The van der Waals surface area contributed by atoms with Gasteiger partial charge in [-0.1, -0.05) is 24.3 Å². The first-order chi connectivity index (χ1) is 14.7. The summed E-state index contributed by atoms with van der Waals surface area (Å²) in [6.45, 7) is 1.60. The van der Waals surface area contributed by atoms with Gasteiger partial charge in [-0.3, -0.25) is 14.7 Å². The first-order valence-electron chi connectivity index (χ1n) is 10.1. The number of amides is 1. The summed E-state index contributed by atoms with van der Waals surface area (Å²) in [6, 6.07) is 18.9. The van der Waals surface area contributed by atoms with Crippen LogP contribution in [0.4, 0.5) is 5.69 Å². The molecule has 2 heterocycles. The van der Waals surface area contributed by atoms with Crippen molar-refractivity contribution in [3.05, 3.63) is 78.6 Å². The molecule has 0 unspecified atom stereocenters. The lowest BCUT2D eigenvalue weighted by Crippen LogP contribution is -2.39. The second kappa shape index (κ2) is 9.41. The van der Waals surface area contributed by atoms with Crippen molar-refractivity contribution in [2.45, 2.75) is 25.4 Å². The third-order valence-corrected chi connectivity index (χ3v) is 5.19. The minimum Gasteiger partial charge on any atom is -0.497 e. The van der Waals surface area contributed by atoms with E-state index >= 15 is 0 Å². The maximum absolute atomic E-state index is 13.1. The average Bonchev–Trinajstić information content (AvgIpc) is 3.24. The van der Waals surface area contributed by atoms with E-state index in [1.54, 1.807) is 19.5 Å². The molecule has 1 aliphatic rings. The number of nitrogens with zero attached hydrogens (tertiary/aromatic N) is 2. The Hall–Kier alpha value is -3.38. The molecule has 0 saturated carbocycles. The summed E-state index contributed by atoms with van der Waals surface area (Å²) in [5.74, 6) is 2.03. The lowest BCUT2D eigenvalue weighted by atomic mass is 10.1. The summed E-state index contributed by atoms with van der Waals surface area (Å²) >= 11 is 0. The molecule has 1 amide bonds. The molecule has 2 aromatic carbocycles. The number of anilines is 1. The molecule has 1 aliphatic heterocycles. The highest BCUT2D eigenvalue weighted by Gasteiger charge is 2.31. The van der Waals surface area contributed by atoms with Crippen molar-refractivity contribution in [1.29, 1.82) is 0 Å². The third kappa shape index (κ3) is 4.78. The zero-order valence-electron chi connectivity index (χ0n) is 17.0. The van der Waals surface area contributed by atoms with Gasteiger partial charge in [0.1, 0.15) is 11.5 Å². The zero-order chi connectivity index (χ0) is 20.8. The molecular weight excluding hydrogens is 378 g/mol. The first-order valence-corrected chi connectivity index (χ1v) is 10.1. The van der Waals surface area contributed by atoms with Crippen LogP contribution >= 0.6 is 0 Å². The number of benzene rings is 2. The maximum Gasteiger partial charge on any atom is 0.241 e. The van der Waals surface area contributed by atoms with E-state index in [4.69, 9.17) is 9.47 Å². The number of carbonyl (C=O) groups excluding carboxylic acids is 1. The number of pyridine rings is 1. The molecule has 1 atom stereocenters. The Morgan fingerprint density at radius 1 is 1.13 bits per heavy atom. The highest BCUT2D eigenvalue weighted by molar-refractivity contribution is 5.96. The first kappa shape index (κ1) is 19.9. The molecule has 0 radical (unpaired) electrons. The van der Waals surface area contributed by atoms with Crippen molar-refractivity contribution in [3.8, 4) is 17.2 Å². The van der Waals surface area contributed by atoms with Gasteiger partial charge >= 0.3 is 0 Å². The molecule has 0 spiro atoms. The van der Waals surface area contributed by atoms with Crippen LogP contribution in [0.3, 0.4) is 0 Å². The molecule has 0 aliphatic carbocycles. The SMILES string of the molecule is COc1cccc(CN2CCC[C@@H]2C(=O)Nc2ccccc2Oc2cccnc2)c1. The largest absolute Gasteiger partial charge is 0.497 e. The van der Waals surface area contributed by atoms with Crippen LogP contribution in [-0.2, 0) is 11.3 Å². The Morgan fingerprint density at radius 3 is 2.83 bits per heavy atom. The molecule has 3 aromatic rings. The number of carbonyl (C=O) groups is 1. The highest BCUT2D eigenvalue weighted by Crippen LogP contribution is 2.30. The molecule has 0 bridgehead atoms. The molecule has 1 saturated heterocycles. The van der Waals surface area contributed by atoms with Gasteiger partial charge in [0.15, 0.2) is 5.75 Å². The second-order valence-corrected chi connectivity index (χ2v) is 7.26. The monoisotopic (exact) mass is 403 g/mol. The lowest BCUT2D eigenvalue weighted by Gasteiger charge is -2.24. The summed E-state index contributed by atoms with van der Waals surface area (Å²) in [5.41, 5.74) is 1.79. The Bertz CT molecular complexity index is 994. The van der Waals surface area contributed by atoms with Crippen LogP contribution in [0.15, 0.2) is 73.1 Å². The smallest absolute Gasteiger partial charge is 0.241 e. The van der Waals surface area contributed by atoms with Gasteiger partial charge in [0, 0.05) is 12.7 Å². The van der Waals surface area contributed by atoms with Crippen LogP contribution in [0, 0.1) is 0 Å². The predicted octanol–water partition coefficient (Wildman–Crippen LogP) is 4.49. The van der Waals surface area contributed by atoms with Gasteiger partial charge in [0.25, 0.3) is 0 Å². The van der Waals surface area contributed by atoms with Crippen LogP contribution in [0.2, 0.25) is 0 Å². The van der Waals surface area contributed by atoms with Crippen LogP contribution in [0.25, 0.3) is 0 Å². The van der Waals surface area contributed by atoms with E-state index in [1.807, 2.05) is 54.6 Å². The summed E-state index contributed by atoms with van der Waals surface area (Å²) in [6.07, 6.45) is 5.17. The predicted molar refractivity (Wildman–Crippen MR) is 116 cm³/mol. The quantitative estimate of drug-likeness (QED) is 0.630. The van der Waals surface area contributed by atoms with Crippen molar-refractivity contribution in [2.24, 2.45) is 0 Å². The molecular formula is C24H25N3O3. The fourth-order valence-corrected chi connectivity index (χ4v) is 3.73. The molecule has 1 aromatic heterocycles. The van der Waals surface area contributed by atoms with Crippen LogP contribution in [0.5, 0.6) is 17.2 Å². The van der Waals surface area contributed by atoms with Gasteiger partial charge < -0.3 is 14.8 Å². The maximum atomic E-state index is 13.1. The van der Waals surface area contributed by atoms with E-state index in [1.165, 1.54) is 0 Å². The molecule has 1 N–H and O–H groups in total. The molecule has 154 valence electrons. The van der Waals surface area contributed by atoms with Crippen molar-refractivity contribution < 1.29 is 14.3 Å². The number of nitrogens with one attached hydrogen (secondary N) is 1. The van der Waals surface area contributed by atoms with Crippen molar-refractivity contribution >= 4 is 11.6 Å². The number of methoxy groups -OCH3 is 1. The number of ether oxygens (including phenoxy) is 2. The van der Waals surface area contributed by atoms with E-state index < -0.39 is 0 Å². The summed E-state index contributed by atoms with van der Waals surface area (Å²) in [4.78, 5) is 19.4. The van der Waals surface area contributed by atoms with Gasteiger partial charge in [0.05, 0.1) is 25.0 Å². The van der Waals surface area contributed by atoms with E-state index in [9.17, 15) is 4.79 Å². The Balaban J connectivity index is 1.45. The van der Waals surface area contributed by atoms with E-state index in [0.29, 0.717) is 23.7 Å². The molecule has 4 rings (SSSR count). The summed E-state index contributed by atoms with van der Waals surface area (Å²) < 4.78 is 11.2. The van der Waals surface area contributed by atoms with Crippen molar-refractivity contribution in [3.63, 3.8) is 0 Å². The molecule has 1 fully saturated rings. The Morgan fingerprint density at radius 2 is 2.00 bits per heavy atom. The van der Waals surface area contributed by atoms with Gasteiger partial charge in [0.2, 0.25) is 5.91 Å². The van der Waals surface area contributed by atoms with Gasteiger partial charge in [-0.25, -0.2) is 0 Å². The number of hydrogen-bond acceptors (Lipinski definition) is 5. The summed E-state index contributed by atoms with van der Waals surface area (Å²) in [5, 5.41) is 3.06.